The average molecular weight is 455 g/mol. The molecule has 0 saturated carbocycles. The van der Waals surface area contributed by atoms with Gasteiger partial charge in [-0.15, -0.1) is 10.2 Å². The fourth-order valence-corrected chi connectivity index (χ4v) is 3.37. The first-order valence-electron chi connectivity index (χ1n) is 8.77. The summed E-state index contributed by atoms with van der Waals surface area (Å²) in [5, 5.41) is 12.7. The van der Waals surface area contributed by atoms with Crippen molar-refractivity contribution in [2.75, 3.05) is 5.32 Å². The molecular formula is C22H17BrClN3O. The minimum absolute atomic E-state index is 0.329. The lowest BCUT2D eigenvalue weighted by molar-refractivity contribution is 0.494. The summed E-state index contributed by atoms with van der Waals surface area (Å²) in [4.78, 5) is 0. The lowest BCUT2D eigenvalue weighted by Gasteiger charge is -2.18. The number of halogens is 2. The van der Waals surface area contributed by atoms with Crippen LogP contribution in [0.3, 0.4) is 0 Å². The van der Waals surface area contributed by atoms with Crippen molar-refractivity contribution in [2.45, 2.75) is 13.0 Å². The Labute approximate surface area is 176 Å². The molecule has 1 aromatic heterocycles. The van der Waals surface area contributed by atoms with Gasteiger partial charge in [-0.25, -0.2) is 0 Å². The Bertz CT molecular complexity index is 1100. The van der Waals surface area contributed by atoms with Crippen LogP contribution in [-0.2, 0) is 0 Å². The molecule has 1 N–H and O–H groups in total. The van der Waals surface area contributed by atoms with Crippen molar-refractivity contribution in [3.63, 3.8) is 0 Å². The molecule has 28 heavy (non-hydrogen) atoms. The van der Waals surface area contributed by atoms with Crippen molar-refractivity contribution in [1.82, 2.24) is 10.2 Å². The second kappa shape index (κ2) is 8.17. The van der Waals surface area contributed by atoms with E-state index in [0.717, 1.165) is 26.9 Å². The van der Waals surface area contributed by atoms with E-state index in [1.54, 1.807) is 0 Å². The smallest absolute Gasteiger partial charge is 0.247 e. The molecule has 4 nitrogen and oxygen atoms in total. The van der Waals surface area contributed by atoms with Crippen LogP contribution in [0.4, 0.5) is 5.69 Å². The Morgan fingerprint density at radius 3 is 2.54 bits per heavy atom. The van der Waals surface area contributed by atoms with Crippen LogP contribution in [0.1, 0.15) is 23.1 Å². The molecule has 0 aliphatic carbocycles. The van der Waals surface area contributed by atoms with Gasteiger partial charge in [0.15, 0.2) is 0 Å². The van der Waals surface area contributed by atoms with Gasteiger partial charge < -0.3 is 9.73 Å². The first kappa shape index (κ1) is 18.7. The van der Waals surface area contributed by atoms with E-state index in [4.69, 9.17) is 16.0 Å². The monoisotopic (exact) mass is 453 g/mol. The van der Waals surface area contributed by atoms with Gasteiger partial charge in [-0.1, -0.05) is 57.9 Å². The van der Waals surface area contributed by atoms with Gasteiger partial charge >= 0.3 is 0 Å². The molecule has 1 heterocycles. The van der Waals surface area contributed by atoms with Crippen molar-refractivity contribution in [2.24, 2.45) is 0 Å². The van der Waals surface area contributed by atoms with Crippen molar-refractivity contribution >= 4 is 33.2 Å². The van der Waals surface area contributed by atoms with Gasteiger partial charge in [0.1, 0.15) is 6.04 Å². The van der Waals surface area contributed by atoms with E-state index in [-0.39, 0.29) is 6.04 Å². The van der Waals surface area contributed by atoms with E-state index in [1.807, 2.05) is 73.7 Å². The zero-order valence-electron chi connectivity index (χ0n) is 15.1. The van der Waals surface area contributed by atoms with E-state index in [1.165, 1.54) is 0 Å². The normalized spacial score (nSPS) is 12.0. The summed E-state index contributed by atoms with van der Waals surface area (Å²) >= 11 is 9.76. The standard InChI is InChI=1S/C22H17BrClN3O/c1-14-12-18(10-11-19(14)23)25-20(16-8-5-9-17(24)13-16)22-27-26-21(28-22)15-6-3-2-4-7-15/h2-13,20,25H,1H3/t20-/m0/s1. The number of hydrogen-bond donors (Lipinski definition) is 1. The van der Waals surface area contributed by atoms with E-state index in [0.29, 0.717) is 16.8 Å². The van der Waals surface area contributed by atoms with E-state index < -0.39 is 0 Å². The van der Waals surface area contributed by atoms with Crippen molar-refractivity contribution in [1.29, 1.82) is 0 Å². The fourth-order valence-electron chi connectivity index (χ4n) is 2.92. The quantitative estimate of drug-likeness (QED) is 0.366. The maximum Gasteiger partial charge on any atom is 0.247 e. The minimum Gasteiger partial charge on any atom is -0.418 e. The van der Waals surface area contributed by atoms with Gasteiger partial charge in [-0.2, -0.15) is 0 Å². The maximum absolute atomic E-state index is 6.23. The average Bonchev–Trinajstić information content (AvgIpc) is 3.19. The molecule has 0 unspecified atom stereocenters. The lowest BCUT2D eigenvalue weighted by Crippen LogP contribution is -2.13. The largest absolute Gasteiger partial charge is 0.418 e. The van der Waals surface area contributed by atoms with Crippen molar-refractivity contribution < 1.29 is 4.42 Å². The highest BCUT2D eigenvalue weighted by molar-refractivity contribution is 9.10. The Morgan fingerprint density at radius 2 is 1.79 bits per heavy atom. The third-order valence-corrected chi connectivity index (χ3v) is 5.48. The SMILES string of the molecule is Cc1cc(N[C@@H](c2cccc(Cl)c2)c2nnc(-c3ccccc3)o2)ccc1Br. The summed E-state index contributed by atoms with van der Waals surface area (Å²) in [7, 11) is 0. The van der Waals surface area contributed by atoms with Gasteiger partial charge in [0.25, 0.3) is 0 Å². The molecule has 3 aromatic carbocycles. The predicted molar refractivity (Wildman–Crippen MR) is 116 cm³/mol. The molecule has 0 fully saturated rings. The van der Waals surface area contributed by atoms with Crippen LogP contribution in [-0.4, -0.2) is 10.2 Å². The number of benzene rings is 3. The second-order valence-corrected chi connectivity index (χ2v) is 7.70. The Morgan fingerprint density at radius 1 is 0.964 bits per heavy atom. The zero-order chi connectivity index (χ0) is 19.5. The molecule has 0 aliphatic rings. The topological polar surface area (TPSA) is 51.0 Å². The van der Waals surface area contributed by atoms with E-state index in [2.05, 4.69) is 37.5 Å². The number of hydrogen-bond acceptors (Lipinski definition) is 4. The van der Waals surface area contributed by atoms with Gasteiger partial charge in [-0.3, -0.25) is 0 Å². The number of nitrogens with zero attached hydrogens (tertiary/aromatic N) is 2. The predicted octanol–water partition coefficient (Wildman–Crippen LogP) is 6.66. The summed E-state index contributed by atoms with van der Waals surface area (Å²) in [5.74, 6) is 0.957. The molecule has 0 aliphatic heterocycles. The van der Waals surface area contributed by atoms with Crippen molar-refractivity contribution in [3.05, 3.63) is 99.3 Å². The lowest BCUT2D eigenvalue weighted by atomic mass is 10.1. The number of anilines is 1. The van der Waals surface area contributed by atoms with E-state index >= 15 is 0 Å². The number of aromatic nitrogens is 2. The highest BCUT2D eigenvalue weighted by atomic mass is 79.9. The van der Waals surface area contributed by atoms with Gasteiger partial charge in [0.2, 0.25) is 11.8 Å². The molecule has 140 valence electrons. The third-order valence-electron chi connectivity index (χ3n) is 4.36. The highest BCUT2D eigenvalue weighted by Crippen LogP contribution is 2.31. The Balaban J connectivity index is 1.73. The Kier molecular flexibility index (Phi) is 5.46. The minimum atomic E-state index is -0.329. The number of aryl methyl sites for hydroxylation is 1. The van der Waals surface area contributed by atoms with Gasteiger partial charge in [-0.05, 0) is 60.5 Å². The van der Waals surface area contributed by atoms with E-state index in [9.17, 15) is 0 Å². The fraction of sp³-hybridized carbons (Fsp3) is 0.0909. The first-order valence-corrected chi connectivity index (χ1v) is 9.94. The van der Waals surface area contributed by atoms with Crippen LogP contribution in [0.25, 0.3) is 11.5 Å². The summed E-state index contributed by atoms with van der Waals surface area (Å²) in [5.41, 5.74) is 3.90. The first-order chi connectivity index (χ1) is 13.6. The molecule has 0 saturated heterocycles. The maximum atomic E-state index is 6.23. The second-order valence-electron chi connectivity index (χ2n) is 6.41. The molecule has 4 rings (SSSR count). The molecule has 0 amide bonds. The summed E-state index contributed by atoms with van der Waals surface area (Å²) < 4.78 is 7.07. The molecule has 0 spiro atoms. The van der Waals surface area contributed by atoms with Crippen LogP contribution < -0.4 is 5.32 Å². The van der Waals surface area contributed by atoms with Gasteiger partial charge in [0, 0.05) is 20.7 Å². The number of rotatable bonds is 5. The van der Waals surface area contributed by atoms with Crippen LogP contribution in [0.15, 0.2) is 81.7 Å². The molecule has 0 bridgehead atoms. The van der Waals surface area contributed by atoms with Crippen LogP contribution >= 0.6 is 27.5 Å². The Hall–Kier alpha value is -2.63. The molecule has 4 aromatic rings. The summed E-state index contributed by atoms with van der Waals surface area (Å²) in [6.45, 7) is 2.05. The molecule has 0 radical (unpaired) electrons. The summed E-state index contributed by atoms with van der Waals surface area (Å²) in [6.07, 6.45) is 0. The molecule has 6 heteroatoms. The van der Waals surface area contributed by atoms with Crippen LogP contribution in [0.2, 0.25) is 5.02 Å². The van der Waals surface area contributed by atoms with Gasteiger partial charge in [0.05, 0.1) is 0 Å². The molecular weight excluding hydrogens is 438 g/mol. The number of nitrogens with one attached hydrogen (secondary N) is 1. The summed E-state index contributed by atoms with van der Waals surface area (Å²) in [6, 6.07) is 23.1. The van der Waals surface area contributed by atoms with Crippen LogP contribution in [0, 0.1) is 6.92 Å². The van der Waals surface area contributed by atoms with Crippen LogP contribution in [0.5, 0.6) is 0 Å². The molecule has 1 atom stereocenters. The third kappa shape index (κ3) is 4.11. The van der Waals surface area contributed by atoms with Crippen molar-refractivity contribution in [3.8, 4) is 11.5 Å². The zero-order valence-corrected chi connectivity index (χ0v) is 17.4. The highest BCUT2D eigenvalue weighted by Gasteiger charge is 2.22.